The molecule has 0 aliphatic rings. The molecule has 0 radical (unpaired) electrons. The number of anilines is 5. The van der Waals surface area contributed by atoms with Gasteiger partial charge in [-0.15, -0.1) is 0 Å². The summed E-state index contributed by atoms with van der Waals surface area (Å²) >= 11 is 0. The van der Waals surface area contributed by atoms with Crippen molar-refractivity contribution in [2.75, 3.05) is 49.3 Å². The number of esters is 3. The Bertz CT molecular complexity index is 3140. The maximum absolute atomic E-state index is 11.9. The summed E-state index contributed by atoms with van der Waals surface area (Å²) < 4.78 is 33.8. The van der Waals surface area contributed by atoms with E-state index in [4.69, 9.17) is 39.1 Å². The summed E-state index contributed by atoms with van der Waals surface area (Å²) in [5.74, 6) is 1.82. The molecule has 0 aliphatic heterocycles. The molecule has 442 valence electrons. The molecule has 3 aromatic heterocycles. The number of nitrogens with two attached hydrogens (primary N) is 1. The standard InChI is InChI=1S/C32H42N4O5.C31H38N6O5/c1-5-39-29(37)11-8-20-40-26-18-14-24(15-19-26)21-28-27(33)22-34-31(36-28)35-25-16-12-23(13-17-25)9-6-7-10-30(38)41-32(2,3)4;1-5-40-27(38)9-7-19-41-25-16-14-24(15-17-25)37-21-34-26-20-33-29(36-28(26)37)35-23-12-10-22(11-13-23)8-6-18-32-30(39)42-31(2,3)4/h12-19,22H,5-11,20-21,33H2,1-4H3,(H,34,35,36);10-17,20-21H,5-9,18-19H2,1-4H3,(H,32,39)(H,33,35,36). The highest BCUT2D eigenvalue weighted by molar-refractivity contribution is 5.74. The highest BCUT2D eigenvalue weighted by Gasteiger charge is 2.17. The lowest BCUT2D eigenvalue weighted by molar-refractivity contribution is -0.155. The Morgan fingerprint density at radius 3 is 1.61 bits per heavy atom. The van der Waals surface area contributed by atoms with Gasteiger partial charge < -0.3 is 50.1 Å². The number of rotatable bonds is 28. The summed E-state index contributed by atoms with van der Waals surface area (Å²) in [5, 5.41) is 9.29. The zero-order valence-corrected chi connectivity index (χ0v) is 49.1. The minimum Gasteiger partial charge on any atom is -0.494 e. The molecule has 20 heteroatoms. The summed E-state index contributed by atoms with van der Waals surface area (Å²) in [4.78, 5) is 69.0. The molecule has 0 unspecified atom stereocenters. The first-order valence-electron chi connectivity index (χ1n) is 28.3. The molecule has 83 heavy (non-hydrogen) atoms. The number of alkyl carbamates (subject to hydrolysis) is 1. The van der Waals surface area contributed by atoms with Crippen LogP contribution in [0, 0.1) is 0 Å². The molecule has 1 amide bonds. The fourth-order valence-corrected chi connectivity index (χ4v) is 8.12. The van der Waals surface area contributed by atoms with Gasteiger partial charge in [0.15, 0.2) is 5.65 Å². The number of benzene rings is 4. The summed E-state index contributed by atoms with van der Waals surface area (Å²) in [6, 6.07) is 31.5. The number of nitrogen functional groups attached to an aromatic ring is 1. The van der Waals surface area contributed by atoms with E-state index in [1.165, 1.54) is 5.56 Å². The van der Waals surface area contributed by atoms with Gasteiger partial charge in [0, 0.05) is 49.3 Å². The Hall–Kier alpha value is -8.81. The first-order chi connectivity index (χ1) is 39.8. The number of amides is 1. The fraction of sp³-hybridized carbons (Fsp3) is 0.413. The molecular formula is C63H80N10O10. The summed E-state index contributed by atoms with van der Waals surface area (Å²) in [5.41, 5.74) is 13.8. The molecule has 4 aromatic carbocycles. The van der Waals surface area contributed by atoms with E-state index >= 15 is 0 Å². The lowest BCUT2D eigenvalue weighted by atomic mass is 10.1. The van der Waals surface area contributed by atoms with Crippen molar-refractivity contribution in [3.8, 4) is 17.2 Å². The third kappa shape index (κ3) is 23.3. The van der Waals surface area contributed by atoms with Crippen molar-refractivity contribution >= 4 is 64.1 Å². The molecule has 20 nitrogen and oxygen atoms in total. The number of fused-ring (bicyclic) bond motifs is 1. The normalized spacial score (nSPS) is 11.2. The van der Waals surface area contributed by atoms with Crippen LogP contribution in [0.4, 0.5) is 33.8 Å². The third-order valence-electron chi connectivity index (χ3n) is 12.0. The minimum absolute atomic E-state index is 0.148. The number of ether oxygens (including phenoxy) is 6. The first kappa shape index (κ1) is 63.4. The van der Waals surface area contributed by atoms with Gasteiger partial charge in [0.2, 0.25) is 11.9 Å². The van der Waals surface area contributed by atoms with Crippen LogP contribution in [0.5, 0.6) is 11.5 Å². The SMILES string of the molecule is CCOC(=O)CCCOc1ccc(-n2cnc3cnc(Nc4ccc(CCCNC(=O)OC(C)(C)C)cc4)nc32)cc1.CCOC(=O)CCCOc1ccc(Cc2nc(Nc3ccc(CCCCC(=O)OC(C)(C)C)cc3)ncc2N)cc1. The molecule has 0 spiro atoms. The van der Waals surface area contributed by atoms with Crippen molar-refractivity contribution < 1.29 is 47.6 Å². The van der Waals surface area contributed by atoms with Gasteiger partial charge in [0.05, 0.1) is 50.2 Å². The summed E-state index contributed by atoms with van der Waals surface area (Å²) in [7, 11) is 0. The highest BCUT2D eigenvalue weighted by Crippen LogP contribution is 2.24. The number of imidazole rings is 1. The van der Waals surface area contributed by atoms with Gasteiger partial charge in [0.25, 0.3) is 0 Å². The molecule has 7 aromatic rings. The fourth-order valence-electron chi connectivity index (χ4n) is 8.12. The van der Waals surface area contributed by atoms with Crippen LogP contribution >= 0.6 is 0 Å². The number of hydrogen-bond acceptors (Lipinski definition) is 18. The monoisotopic (exact) mass is 1140 g/mol. The Morgan fingerprint density at radius 1 is 0.554 bits per heavy atom. The van der Waals surface area contributed by atoms with E-state index in [9.17, 15) is 19.2 Å². The minimum atomic E-state index is -0.503. The van der Waals surface area contributed by atoms with Gasteiger partial charge >= 0.3 is 24.0 Å². The molecule has 0 atom stereocenters. The van der Waals surface area contributed by atoms with Gasteiger partial charge in [-0.05, 0) is 178 Å². The maximum atomic E-state index is 11.9. The smallest absolute Gasteiger partial charge is 0.407 e. The highest BCUT2D eigenvalue weighted by atomic mass is 16.6. The summed E-state index contributed by atoms with van der Waals surface area (Å²) in [6.07, 6.45) is 11.7. The lowest BCUT2D eigenvalue weighted by Crippen LogP contribution is -2.33. The van der Waals surface area contributed by atoms with Crippen LogP contribution in [0.15, 0.2) is 116 Å². The molecule has 0 saturated carbocycles. The van der Waals surface area contributed by atoms with Crippen LogP contribution in [0.25, 0.3) is 16.9 Å². The van der Waals surface area contributed by atoms with Crippen LogP contribution in [-0.4, -0.2) is 97.7 Å². The quantitative estimate of drug-likeness (QED) is 0.0202. The van der Waals surface area contributed by atoms with Gasteiger partial charge in [-0.25, -0.2) is 24.7 Å². The van der Waals surface area contributed by atoms with Crippen LogP contribution in [0.3, 0.4) is 0 Å². The van der Waals surface area contributed by atoms with E-state index < -0.39 is 17.3 Å². The van der Waals surface area contributed by atoms with Gasteiger partial charge in [-0.1, -0.05) is 36.4 Å². The van der Waals surface area contributed by atoms with Crippen molar-refractivity contribution in [3.05, 3.63) is 138 Å². The molecule has 0 saturated heterocycles. The molecule has 3 heterocycles. The second kappa shape index (κ2) is 32.0. The number of carbonyl (C=O) groups is 4. The first-order valence-corrected chi connectivity index (χ1v) is 28.3. The van der Waals surface area contributed by atoms with Crippen molar-refractivity contribution in [2.24, 2.45) is 0 Å². The van der Waals surface area contributed by atoms with E-state index in [-0.39, 0.29) is 17.9 Å². The van der Waals surface area contributed by atoms with Crippen LogP contribution in [0.2, 0.25) is 0 Å². The number of carbonyl (C=O) groups excluding carboxylic acids is 4. The van der Waals surface area contributed by atoms with E-state index in [0.717, 1.165) is 71.7 Å². The Balaban J connectivity index is 0.000000267. The molecule has 0 aliphatic carbocycles. The molecule has 0 fully saturated rings. The Labute approximate surface area is 486 Å². The topological polar surface area (TPSA) is 255 Å². The predicted molar refractivity (Wildman–Crippen MR) is 320 cm³/mol. The van der Waals surface area contributed by atoms with Gasteiger partial charge in [-0.3, -0.25) is 19.0 Å². The number of nitrogens with one attached hydrogen (secondary N) is 3. The van der Waals surface area contributed by atoms with Crippen LogP contribution in [-0.2, 0) is 52.6 Å². The van der Waals surface area contributed by atoms with Crippen molar-refractivity contribution in [3.63, 3.8) is 0 Å². The number of aryl methyl sites for hydroxylation is 2. The van der Waals surface area contributed by atoms with Crippen molar-refractivity contribution in [1.82, 2.24) is 34.8 Å². The maximum Gasteiger partial charge on any atom is 0.407 e. The average molecular weight is 1140 g/mol. The Kier molecular flexibility index (Phi) is 24.4. The zero-order chi connectivity index (χ0) is 59.6. The molecule has 7 rings (SSSR count). The lowest BCUT2D eigenvalue weighted by Gasteiger charge is -2.19. The number of nitrogens with zero attached hydrogens (tertiary/aromatic N) is 6. The van der Waals surface area contributed by atoms with Crippen LogP contribution < -0.4 is 31.2 Å². The van der Waals surface area contributed by atoms with Crippen LogP contribution in [0.1, 0.15) is 129 Å². The average Bonchev–Trinajstić information content (AvgIpc) is 3.94. The second-order valence-corrected chi connectivity index (χ2v) is 21.4. The largest absolute Gasteiger partial charge is 0.494 e. The van der Waals surface area contributed by atoms with E-state index in [2.05, 4.69) is 48.0 Å². The number of aromatic nitrogens is 6. The molecular weight excluding hydrogens is 1060 g/mol. The van der Waals surface area contributed by atoms with Gasteiger partial charge in [0.1, 0.15) is 34.5 Å². The number of hydrogen-bond donors (Lipinski definition) is 4. The Morgan fingerprint density at radius 2 is 1.06 bits per heavy atom. The molecule has 5 N–H and O–H groups in total. The molecule has 0 bridgehead atoms. The van der Waals surface area contributed by atoms with E-state index in [0.29, 0.717) is 106 Å². The zero-order valence-electron chi connectivity index (χ0n) is 49.1. The third-order valence-corrected chi connectivity index (χ3v) is 12.0. The van der Waals surface area contributed by atoms with Crippen molar-refractivity contribution in [2.45, 2.75) is 137 Å². The van der Waals surface area contributed by atoms with Gasteiger partial charge in [-0.2, -0.15) is 4.98 Å². The van der Waals surface area contributed by atoms with E-state index in [1.54, 1.807) is 32.6 Å². The number of unbranched alkanes of at least 4 members (excludes halogenated alkanes) is 1. The predicted octanol–water partition coefficient (Wildman–Crippen LogP) is 11.9. The van der Waals surface area contributed by atoms with Crippen molar-refractivity contribution in [1.29, 1.82) is 0 Å². The summed E-state index contributed by atoms with van der Waals surface area (Å²) in [6.45, 7) is 17.0. The van der Waals surface area contributed by atoms with E-state index in [1.807, 2.05) is 131 Å². The second-order valence-electron chi connectivity index (χ2n) is 21.4.